The number of carbonyl (C=O) groups excluding carboxylic acids is 1. The maximum absolute atomic E-state index is 12.5. The summed E-state index contributed by atoms with van der Waals surface area (Å²) in [7, 11) is -4.27. The number of ether oxygens (including phenoxy) is 2. The van der Waals surface area contributed by atoms with Crippen LogP contribution < -0.4 is 5.73 Å². The number of allylic oxidation sites excluding steroid dienone is 2. The molecule has 280 valence electrons. The Bertz CT molecular complexity index is 737. The highest BCUT2D eigenvalue weighted by Gasteiger charge is 2.25. The van der Waals surface area contributed by atoms with Crippen LogP contribution in [0.1, 0.15) is 187 Å². The number of hydrogen-bond acceptors (Lipinski definition) is 7. The molecular formula is C38H76NO7P. The SMILES string of the molecule is CCCCC/C=C\CCCCCCCC(=O)O[C@H](COCCCCCCCCCCCCCCCCCC)COP(=O)(O)OCCN. The molecule has 0 aliphatic heterocycles. The molecule has 0 aliphatic rings. The first-order valence-electron chi connectivity index (χ1n) is 19.7. The van der Waals surface area contributed by atoms with E-state index in [1.807, 2.05) is 0 Å². The molecule has 0 amide bonds. The van der Waals surface area contributed by atoms with E-state index in [0.29, 0.717) is 13.0 Å². The lowest BCUT2D eigenvalue weighted by Gasteiger charge is -2.20. The van der Waals surface area contributed by atoms with Crippen LogP contribution in [0.15, 0.2) is 12.2 Å². The quantitative estimate of drug-likeness (QED) is 0.0285. The predicted molar refractivity (Wildman–Crippen MR) is 197 cm³/mol. The van der Waals surface area contributed by atoms with Gasteiger partial charge in [0.2, 0.25) is 0 Å². The Morgan fingerprint density at radius 1 is 0.617 bits per heavy atom. The largest absolute Gasteiger partial charge is 0.472 e. The Balaban J connectivity index is 4.04. The summed E-state index contributed by atoms with van der Waals surface area (Å²) in [5.41, 5.74) is 5.35. The van der Waals surface area contributed by atoms with Crippen molar-refractivity contribution in [3.8, 4) is 0 Å². The average molecular weight is 690 g/mol. The van der Waals surface area contributed by atoms with Crippen LogP contribution in [-0.2, 0) is 27.9 Å². The van der Waals surface area contributed by atoms with Gasteiger partial charge in [0.05, 0.1) is 19.8 Å². The molecule has 0 rings (SSSR count). The number of carbonyl (C=O) groups is 1. The molecule has 2 atom stereocenters. The summed E-state index contributed by atoms with van der Waals surface area (Å²) in [6, 6.07) is 0. The van der Waals surface area contributed by atoms with E-state index in [4.69, 9.17) is 24.3 Å². The molecule has 0 aromatic carbocycles. The van der Waals surface area contributed by atoms with Crippen molar-refractivity contribution in [2.24, 2.45) is 5.73 Å². The van der Waals surface area contributed by atoms with E-state index in [-0.39, 0.29) is 32.3 Å². The van der Waals surface area contributed by atoms with Crippen LogP contribution in [0.3, 0.4) is 0 Å². The van der Waals surface area contributed by atoms with Crippen LogP contribution in [0, 0.1) is 0 Å². The van der Waals surface area contributed by atoms with Crippen molar-refractivity contribution in [1.29, 1.82) is 0 Å². The summed E-state index contributed by atoms with van der Waals surface area (Å²) in [6.45, 7) is 4.91. The number of esters is 1. The van der Waals surface area contributed by atoms with Crippen molar-refractivity contribution in [3.63, 3.8) is 0 Å². The average Bonchev–Trinajstić information content (AvgIpc) is 3.06. The molecule has 47 heavy (non-hydrogen) atoms. The Morgan fingerprint density at radius 2 is 1.06 bits per heavy atom. The van der Waals surface area contributed by atoms with E-state index in [9.17, 15) is 14.3 Å². The Kier molecular flexibility index (Phi) is 35.9. The van der Waals surface area contributed by atoms with Crippen molar-refractivity contribution >= 4 is 13.8 Å². The molecule has 0 aromatic heterocycles. The van der Waals surface area contributed by atoms with Gasteiger partial charge in [-0.25, -0.2) is 4.57 Å². The van der Waals surface area contributed by atoms with Crippen LogP contribution >= 0.6 is 7.82 Å². The van der Waals surface area contributed by atoms with Gasteiger partial charge < -0.3 is 20.1 Å². The summed E-state index contributed by atoms with van der Waals surface area (Å²) in [5, 5.41) is 0. The van der Waals surface area contributed by atoms with Crippen LogP contribution in [0.5, 0.6) is 0 Å². The lowest BCUT2D eigenvalue weighted by Crippen LogP contribution is -2.28. The number of nitrogens with two attached hydrogens (primary N) is 1. The van der Waals surface area contributed by atoms with Crippen LogP contribution in [0.25, 0.3) is 0 Å². The van der Waals surface area contributed by atoms with Gasteiger partial charge in [-0.05, 0) is 38.5 Å². The molecule has 0 saturated heterocycles. The fourth-order valence-corrected chi connectivity index (χ4v) is 6.29. The summed E-state index contributed by atoms with van der Waals surface area (Å²) in [4.78, 5) is 22.4. The van der Waals surface area contributed by atoms with E-state index in [2.05, 4.69) is 26.0 Å². The maximum atomic E-state index is 12.5. The topological polar surface area (TPSA) is 117 Å². The molecule has 0 fully saturated rings. The number of hydrogen-bond donors (Lipinski definition) is 2. The third-order valence-electron chi connectivity index (χ3n) is 8.43. The van der Waals surface area contributed by atoms with Gasteiger partial charge in [-0.2, -0.15) is 0 Å². The van der Waals surface area contributed by atoms with E-state index >= 15 is 0 Å². The molecule has 0 aromatic rings. The number of unbranched alkanes of at least 4 members (excludes halogenated alkanes) is 23. The molecule has 8 nitrogen and oxygen atoms in total. The van der Waals surface area contributed by atoms with E-state index in [0.717, 1.165) is 44.9 Å². The monoisotopic (exact) mass is 690 g/mol. The van der Waals surface area contributed by atoms with Crippen molar-refractivity contribution < 1.29 is 32.8 Å². The first-order valence-corrected chi connectivity index (χ1v) is 21.2. The zero-order valence-electron chi connectivity index (χ0n) is 30.8. The minimum absolute atomic E-state index is 0.0940. The lowest BCUT2D eigenvalue weighted by atomic mass is 10.0. The molecule has 0 bridgehead atoms. The fourth-order valence-electron chi connectivity index (χ4n) is 5.52. The van der Waals surface area contributed by atoms with Crippen LogP contribution in [0.4, 0.5) is 0 Å². The van der Waals surface area contributed by atoms with E-state index in [1.165, 1.54) is 122 Å². The van der Waals surface area contributed by atoms with Crippen molar-refractivity contribution in [3.05, 3.63) is 12.2 Å². The van der Waals surface area contributed by atoms with Gasteiger partial charge in [-0.3, -0.25) is 13.8 Å². The molecular weight excluding hydrogens is 613 g/mol. The van der Waals surface area contributed by atoms with Gasteiger partial charge >= 0.3 is 13.8 Å². The highest BCUT2D eigenvalue weighted by Crippen LogP contribution is 2.43. The standard InChI is InChI=1S/C38H76NO7P/c1-3-5-7-9-11-13-15-17-18-19-20-22-24-26-28-30-33-43-35-37(36-45-47(41,42)44-34-32-39)46-38(40)31-29-27-25-23-21-16-14-12-10-8-6-4-2/h12,14,37H,3-11,13,15-36,39H2,1-2H3,(H,41,42)/b14-12-/t37-/m1/s1. The van der Waals surface area contributed by atoms with Gasteiger partial charge in [-0.15, -0.1) is 0 Å². The molecule has 0 spiro atoms. The van der Waals surface area contributed by atoms with Gasteiger partial charge in [0.1, 0.15) is 6.10 Å². The number of rotatable bonds is 38. The maximum Gasteiger partial charge on any atom is 0.472 e. The van der Waals surface area contributed by atoms with Gasteiger partial charge in [0.15, 0.2) is 0 Å². The second-order valence-corrected chi connectivity index (χ2v) is 14.6. The molecule has 0 saturated carbocycles. The second-order valence-electron chi connectivity index (χ2n) is 13.1. The highest BCUT2D eigenvalue weighted by molar-refractivity contribution is 7.47. The zero-order valence-corrected chi connectivity index (χ0v) is 31.7. The smallest absolute Gasteiger partial charge is 0.457 e. The predicted octanol–water partition coefficient (Wildman–Crippen LogP) is 11.1. The second kappa shape index (κ2) is 36.5. The Hall–Kier alpha value is -0.760. The lowest BCUT2D eigenvalue weighted by molar-refractivity contribution is -0.154. The summed E-state index contributed by atoms with van der Waals surface area (Å²) < 4.78 is 33.3. The van der Waals surface area contributed by atoms with Gasteiger partial charge in [-0.1, -0.05) is 154 Å². The van der Waals surface area contributed by atoms with Crippen LogP contribution in [0.2, 0.25) is 0 Å². The third-order valence-corrected chi connectivity index (χ3v) is 9.42. The Morgan fingerprint density at radius 3 is 1.60 bits per heavy atom. The molecule has 1 unspecified atom stereocenters. The van der Waals surface area contributed by atoms with Crippen molar-refractivity contribution in [2.75, 3.05) is 33.0 Å². The van der Waals surface area contributed by atoms with E-state index < -0.39 is 13.9 Å². The molecule has 9 heteroatoms. The van der Waals surface area contributed by atoms with Crippen molar-refractivity contribution in [1.82, 2.24) is 0 Å². The highest BCUT2D eigenvalue weighted by atomic mass is 31.2. The fraction of sp³-hybridized carbons (Fsp3) is 0.921. The number of phosphoric acid groups is 1. The van der Waals surface area contributed by atoms with Crippen molar-refractivity contribution in [2.45, 2.75) is 193 Å². The summed E-state index contributed by atoms with van der Waals surface area (Å²) >= 11 is 0. The Labute approximate surface area is 290 Å². The first kappa shape index (κ1) is 46.2. The van der Waals surface area contributed by atoms with E-state index in [1.54, 1.807) is 0 Å². The summed E-state index contributed by atoms with van der Waals surface area (Å²) in [6.07, 6.45) is 36.5. The normalized spacial score (nSPS) is 13.7. The van der Waals surface area contributed by atoms with Gasteiger partial charge in [0.25, 0.3) is 0 Å². The minimum atomic E-state index is -4.27. The number of phosphoric ester groups is 1. The third kappa shape index (κ3) is 36.3. The molecule has 3 N–H and O–H groups in total. The first-order chi connectivity index (χ1) is 22.9. The molecule has 0 heterocycles. The molecule has 0 aliphatic carbocycles. The van der Waals surface area contributed by atoms with Gasteiger partial charge in [0, 0.05) is 19.6 Å². The minimum Gasteiger partial charge on any atom is -0.457 e. The zero-order chi connectivity index (χ0) is 34.5. The summed E-state index contributed by atoms with van der Waals surface area (Å²) in [5.74, 6) is -0.338. The molecule has 0 radical (unpaired) electrons. The van der Waals surface area contributed by atoms with Crippen LogP contribution in [-0.4, -0.2) is 49.9 Å².